The van der Waals surface area contributed by atoms with Gasteiger partial charge in [-0.15, -0.1) is 0 Å². The molecule has 0 unspecified atom stereocenters. The first kappa shape index (κ1) is 31.1. The molecule has 0 aliphatic carbocycles. The Morgan fingerprint density at radius 2 is 0.810 bits per heavy atom. The molecule has 0 N–H and O–H groups in total. The van der Waals surface area contributed by atoms with Crippen LogP contribution in [0.15, 0.2) is 97.1 Å². The van der Waals surface area contributed by atoms with Gasteiger partial charge in [-0.25, -0.2) is 9.59 Å². The lowest BCUT2D eigenvalue weighted by Crippen LogP contribution is -2.11. The van der Waals surface area contributed by atoms with E-state index in [1.54, 1.807) is 72.8 Å². The van der Waals surface area contributed by atoms with Gasteiger partial charge in [0.2, 0.25) is 0 Å². The van der Waals surface area contributed by atoms with Gasteiger partial charge in [-0.05, 0) is 110 Å². The third-order valence-corrected chi connectivity index (χ3v) is 7.33. The Bertz CT molecular complexity index is 1390. The maximum atomic E-state index is 13.4. The number of esters is 2. The molecule has 216 valence electrons. The standard InChI is InChI=1S/C36H34Cl2O4/c1-3-5-7-25-9-13-29(14-10-25)35(39)41-33(27-17-21-31(37)22-18-27)34(28-19-23-32(38)24-20-28)42-36(40)30-15-11-26(12-16-30)8-6-4-2/h9-24H,3-8H2,1-2H3/b34-33+. The smallest absolute Gasteiger partial charge is 0.343 e. The van der Waals surface area contributed by atoms with Crippen molar-refractivity contribution in [1.82, 2.24) is 0 Å². The van der Waals surface area contributed by atoms with Gasteiger partial charge in [-0.1, -0.05) is 74.2 Å². The highest BCUT2D eigenvalue weighted by Crippen LogP contribution is 2.32. The number of halogens is 2. The number of unbranched alkanes of at least 4 members (excludes halogenated alkanes) is 2. The number of aryl methyl sites for hydroxylation is 2. The summed E-state index contributed by atoms with van der Waals surface area (Å²) >= 11 is 12.3. The Labute approximate surface area is 257 Å². The zero-order chi connectivity index (χ0) is 29.9. The zero-order valence-electron chi connectivity index (χ0n) is 23.9. The molecule has 0 atom stereocenters. The van der Waals surface area contributed by atoms with Crippen LogP contribution in [0.25, 0.3) is 11.5 Å². The van der Waals surface area contributed by atoms with Crippen molar-refractivity contribution in [2.45, 2.75) is 52.4 Å². The van der Waals surface area contributed by atoms with Crippen molar-refractivity contribution < 1.29 is 19.1 Å². The van der Waals surface area contributed by atoms with Crippen LogP contribution in [0.1, 0.15) is 82.5 Å². The number of hydrogen-bond donors (Lipinski definition) is 0. The SMILES string of the molecule is CCCCc1ccc(C(=O)O/C(=C(/OC(=O)c2ccc(CCCC)cc2)c2ccc(Cl)cc2)c2ccc(Cl)cc2)cc1. The molecule has 0 saturated heterocycles. The Hall–Kier alpha value is -3.86. The summed E-state index contributed by atoms with van der Waals surface area (Å²) in [5.41, 5.74) is 4.09. The average molecular weight is 602 g/mol. The molecule has 0 aromatic heterocycles. The van der Waals surface area contributed by atoms with E-state index in [1.807, 2.05) is 24.3 Å². The number of ether oxygens (including phenoxy) is 2. The van der Waals surface area contributed by atoms with Gasteiger partial charge in [0.05, 0.1) is 11.1 Å². The molecule has 4 aromatic carbocycles. The predicted octanol–water partition coefficient (Wildman–Crippen LogP) is 10.2. The van der Waals surface area contributed by atoms with Gasteiger partial charge in [0.25, 0.3) is 0 Å². The van der Waals surface area contributed by atoms with Gasteiger partial charge in [-0.2, -0.15) is 0 Å². The number of carbonyl (C=O) groups is 2. The summed E-state index contributed by atoms with van der Waals surface area (Å²) in [7, 11) is 0. The normalized spacial score (nSPS) is 11.5. The van der Waals surface area contributed by atoms with Gasteiger partial charge in [0.15, 0.2) is 11.5 Å². The molecule has 0 amide bonds. The molecule has 4 nitrogen and oxygen atoms in total. The monoisotopic (exact) mass is 600 g/mol. The highest BCUT2D eigenvalue weighted by atomic mass is 35.5. The number of rotatable bonds is 12. The molecule has 0 radical (unpaired) electrons. The minimum atomic E-state index is -0.579. The molecule has 0 heterocycles. The van der Waals surface area contributed by atoms with E-state index in [1.165, 1.54) is 0 Å². The number of hydrogen-bond acceptors (Lipinski definition) is 4. The van der Waals surface area contributed by atoms with Gasteiger partial charge in [0.1, 0.15) is 0 Å². The van der Waals surface area contributed by atoms with E-state index in [-0.39, 0.29) is 11.5 Å². The number of carbonyl (C=O) groups excluding carboxylic acids is 2. The Balaban J connectivity index is 1.74. The zero-order valence-corrected chi connectivity index (χ0v) is 25.4. The highest BCUT2D eigenvalue weighted by molar-refractivity contribution is 6.31. The molecule has 42 heavy (non-hydrogen) atoms. The molecule has 0 fully saturated rings. The van der Waals surface area contributed by atoms with Gasteiger partial charge in [0, 0.05) is 21.2 Å². The van der Waals surface area contributed by atoms with Crippen molar-refractivity contribution >= 4 is 46.7 Å². The first-order valence-electron chi connectivity index (χ1n) is 14.3. The lowest BCUT2D eigenvalue weighted by Gasteiger charge is -2.17. The van der Waals surface area contributed by atoms with Crippen LogP contribution >= 0.6 is 23.2 Å². The molecule has 0 saturated carbocycles. The molecule has 0 aliphatic heterocycles. The molecule has 0 bridgehead atoms. The van der Waals surface area contributed by atoms with Crippen molar-refractivity contribution in [2.75, 3.05) is 0 Å². The quantitative estimate of drug-likeness (QED) is 0.0921. The summed E-state index contributed by atoms with van der Waals surface area (Å²) < 4.78 is 12.0. The molecule has 0 aliphatic rings. The molecule has 4 aromatic rings. The first-order chi connectivity index (χ1) is 20.4. The second-order valence-electron chi connectivity index (χ2n) is 10.1. The van der Waals surface area contributed by atoms with Crippen LogP contribution in [-0.2, 0) is 22.3 Å². The fraction of sp³-hybridized carbons (Fsp3) is 0.222. The summed E-state index contributed by atoms with van der Waals surface area (Å²) in [5.74, 6) is -0.988. The summed E-state index contributed by atoms with van der Waals surface area (Å²) in [6, 6.07) is 28.3. The Morgan fingerprint density at radius 1 is 0.500 bits per heavy atom. The fourth-order valence-electron chi connectivity index (χ4n) is 4.36. The molecule has 4 rings (SSSR count). The van der Waals surface area contributed by atoms with E-state index in [9.17, 15) is 9.59 Å². The lowest BCUT2D eigenvalue weighted by molar-refractivity contribution is 0.0646. The van der Waals surface area contributed by atoms with Crippen LogP contribution < -0.4 is 0 Å². The molecular formula is C36H34Cl2O4. The van der Waals surface area contributed by atoms with Crippen LogP contribution in [0.4, 0.5) is 0 Å². The second kappa shape index (κ2) is 15.4. The summed E-state index contributed by atoms with van der Waals surface area (Å²) in [6.07, 6.45) is 6.22. The average Bonchev–Trinajstić information content (AvgIpc) is 3.02. The Kier molecular flexibility index (Phi) is 11.4. The van der Waals surface area contributed by atoms with Gasteiger partial charge >= 0.3 is 11.9 Å². The van der Waals surface area contributed by atoms with E-state index in [0.29, 0.717) is 32.3 Å². The molecular weight excluding hydrogens is 567 g/mol. The van der Waals surface area contributed by atoms with Crippen molar-refractivity contribution in [1.29, 1.82) is 0 Å². The van der Waals surface area contributed by atoms with Crippen LogP contribution in [0.2, 0.25) is 10.0 Å². The number of benzene rings is 4. The maximum absolute atomic E-state index is 13.4. The van der Waals surface area contributed by atoms with E-state index < -0.39 is 11.9 Å². The van der Waals surface area contributed by atoms with Crippen LogP contribution in [-0.4, -0.2) is 11.9 Å². The van der Waals surface area contributed by atoms with E-state index >= 15 is 0 Å². The van der Waals surface area contributed by atoms with Crippen LogP contribution in [0.5, 0.6) is 0 Å². The van der Waals surface area contributed by atoms with Crippen molar-refractivity contribution in [3.05, 3.63) is 140 Å². The summed E-state index contributed by atoms with van der Waals surface area (Å²) in [5, 5.41) is 1.03. The topological polar surface area (TPSA) is 52.6 Å². The van der Waals surface area contributed by atoms with E-state index in [0.717, 1.165) is 49.7 Å². The third kappa shape index (κ3) is 8.58. The van der Waals surface area contributed by atoms with Crippen molar-refractivity contribution in [2.24, 2.45) is 0 Å². The Morgan fingerprint density at radius 3 is 1.12 bits per heavy atom. The van der Waals surface area contributed by atoms with Gasteiger partial charge in [-0.3, -0.25) is 0 Å². The van der Waals surface area contributed by atoms with Crippen LogP contribution in [0.3, 0.4) is 0 Å². The lowest BCUT2D eigenvalue weighted by atomic mass is 10.1. The van der Waals surface area contributed by atoms with Crippen molar-refractivity contribution in [3.63, 3.8) is 0 Å². The second-order valence-corrected chi connectivity index (χ2v) is 10.9. The van der Waals surface area contributed by atoms with Crippen molar-refractivity contribution in [3.8, 4) is 0 Å². The predicted molar refractivity (Wildman–Crippen MR) is 171 cm³/mol. The maximum Gasteiger partial charge on any atom is 0.343 e. The molecule has 6 heteroatoms. The van der Waals surface area contributed by atoms with E-state index in [4.69, 9.17) is 32.7 Å². The van der Waals surface area contributed by atoms with Crippen LogP contribution in [0, 0.1) is 0 Å². The minimum Gasteiger partial charge on any atom is -0.418 e. The third-order valence-electron chi connectivity index (χ3n) is 6.83. The first-order valence-corrected chi connectivity index (χ1v) is 15.0. The summed E-state index contributed by atoms with van der Waals surface area (Å²) in [6.45, 7) is 4.29. The highest BCUT2D eigenvalue weighted by Gasteiger charge is 2.23. The largest absolute Gasteiger partial charge is 0.418 e. The van der Waals surface area contributed by atoms with Gasteiger partial charge < -0.3 is 9.47 Å². The minimum absolute atomic E-state index is 0.0852. The molecule has 0 spiro atoms. The fourth-order valence-corrected chi connectivity index (χ4v) is 4.61. The summed E-state index contributed by atoms with van der Waals surface area (Å²) in [4.78, 5) is 26.9. The van der Waals surface area contributed by atoms with E-state index in [2.05, 4.69) is 13.8 Å².